The molecule has 0 saturated carbocycles. The molecule has 0 unspecified atom stereocenters. The van der Waals surface area contributed by atoms with E-state index in [1.54, 1.807) is 11.3 Å². The lowest BCUT2D eigenvalue weighted by molar-refractivity contribution is 0.0924. The van der Waals surface area contributed by atoms with Gasteiger partial charge in [-0.15, -0.1) is 11.3 Å². The van der Waals surface area contributed by atoms with E-state index >= 15 is 0 Å². The van der Waals surface area contributed by atoms with Crippen LogP contribution in [-0.4, -0.2) is 30.3 Å². The first-order chi connectivity index (χ1) is 8.66. The van der Waals surface area contributed by atoms with Gasteiger partial charge in [0.1, 0.15) is 0 Å². The number of carbonyl (C=O) groups is 1. The van der Waals surface area contributed by atoms with E-state index in [4.69, 9.17) is 0 Å². The Morgan fingerprint density at radius 3 is 2.33 bits per heavy atom. The maximum absolute atomic E-state index is 12.3. The molecule has 5 heteroatoms. The summed E-state index contributed by atoms with van der Waals surface area (Å²) >= 11 is 8.44. The third-order valence-electron chi connectivity index (χ3n) is 3.27. The van der Waals surface area contributed by atoms with Gasteiger partial charge >= 0.3 is 0 Å². The minimum Gasteiger partial charge on any atom is -0.296 e. The number of halogens is 2. The average molecular weight is 395 g/mol. The van der Waals surface area contributed by atoms with Crippen LogP contribution in [0.4, 0.5) is 0 Å². The highest BCUT2D eigenvalue weighted by Crippen LogP contribution is 2.32. The van der Waals surface area contributed by atoms with Crippen LogP contribution in [0.25, 0.3) is 0 Å². The van der Waals surface area contributed by atoms with Crippen molar-refractivity contribution in [3.63, 3.8) is 0 Å². The van der Waals surface area contributed by atoms with Gasteiger partial charge in [-0.2, -0.15) is 0 Å². The Balaban J connectivity index is 1.95. The molecule has 1 aromatic rings. The summed E-state index contributed by atoms with van der Waals surface area (Å²) in [5.74, 6) is 0.226. The highest BCUT2D eigenvalue weighted by atomic mass is 79.9. The van der Waals surface area contributed by atoms with Crippen LogP contribution in [0.3, 0.4) is 0 Å². The van der Waals surface area contributed by atoms with E-state index in [1.165, 1.54) is 32.1 Å². The molecule has 0 bridgehead atoms. The van der Waals surface area contributed by atoms with Gasteiger partial charge in [0.25, 0.3) is 0 Å². The molecule has 0 N–H and O–H groups in total. The molecular weight excluding hydrogens is 378 g/mol. The third kappa shape index (κ3) is 4.15. The molecule has 0 aliphatic carbocycles. The van der Waals surface area contributed by atoms with Crippen LogP contribution < -0.4 is 0 Å². The standard InChI is InChI=1S/C13H17Br2NOS/c14-12-8-10(13(15)18-12)11(17)9-16-6-4-2-1-3-5-7-16/h8H,1-7,9H2. The number of hydrogen-bond donors (Lipinski definition) is 0. The fourth-order valence-corrected chi connectivity index (χ4v) is 5.15. The summed E-state index contributed by atoms with van der Waals surface area (Å²) in [6.07, 6.45) is 6.41. The summed E-state index contributed by atoms with van der Waals surface area (Å²) in [6, 6.07) is 1.92. The van der Waals surface area contributed by atoms with E-state index in [2.05, 4.69) is 36.8 Å². The predicted molar refractivity (Wildman–Crippen MR) is 83.6 cm³/mol. The maximum Gasteiger partial charge on any atom is 0.178 e. The van der Waals surface area contributed by atoms with E-state index in [0.717, 1.165) is 26.2 Å². The van der Waals surface area contributed by atoms with Crippen molar-refractivity contribution in [2.75, 3.05) is 19.6 Å². The summed E-state index contributed by atoms with van der Waals surface area (Å²) in [5.41, 5.74) is 0.814. The molecule has 0 amide bonds. The molecule has 2 nitrogen and oxygen atoms in total. The van der Waals surface area contributed by atoms with Gasteiger partial charge in [0.05, 0.1) is 14.1 Å². The first-order valence-corrected chi connectivity index (χ1v) is 8.77. The van der Waals surface area contributed by atoms with Gasteiger partial charge in [-0.3, -0.25) is 9.69 Å². The Hall–Kier alpha value is 0.290. The third-order valence-corrected chi connectivity index (χ3v) is 5.61. The Morgan fingerprint density at radius 2 is 1.78 bits per heavy atom. The van der Waals surface area contributed by atoms with Crippen LogP contribution in [0.2, 0.25) is 0 Å². The molecule has 100 valence electrons. The zero-order valence-electron chi connectivity index (χ0n) is 10.3. The SMILES string of the molecule is O=C(CN1CCCCCCC1)c1cc(Br)sc1Br. The van der Waals surface area contributed by atoms with Crippen LogP contribution in [0, 0.1) is 0 Å². The van der Waals surface area contributed by atoms with Gasteiger partial charge in [-0.1, -0.05) is 19.3 Å². The number of Topliss-reactive ketones (excluding diaryl/α,β-unsaturated/α-hetero) is 1. The Kier molecular flexibility index (Phi) is 5.86. The van der Waals surface area contributed by atoms with Gasteiger partial charge in [0, 0.05) is 5.56 Å². The molecule has 1 aliphatic rings. The second kappa shape index (κ2) is 7.17. The molecule has 0 radical (unpaired) electrons. The van der Waals surface area contributed by atoms with Gasteiger partial charge in [0.15, 0.2) is 5.78 Å². The van der Waals surface area contributed by atoms with Crippen LogP contribution >= 0.6 is 43.2 Å². The topological polar surface area (TPSA) is 20.3 Å². The van der Waals surface area contributed by atoms with Crippen molar-refractivity contribution in [2.24, 2.45) is 0 Å². The molecule has 1 saturated heterocycles. The Labute approximate surface area is 129 Å². The highest BCUT2D eigenvalue weighted by molar-refractivity contribution is 9.12. The number of carbonyl (C=O) groups excluding carboxylic acids is 1. The fourth-order valence-electron chi connectivity index (χ4n) is 2.29. The summed E-state index contributed by atoms with van der Waals surface area (Å²) in [6.45, 7) is 2.69. The second-order valence-corrected chi connectivity index (χ2v) is 8.45. The molecule has 2 heterocycles. The van der Waals surface area contributed by atoms with Crippen molar-refractivity contribution in [1.82, 2.24) is 4.90 Å². The van der Waals surface area contributed by atoms with E-state index in [1.807, 2.05) is 6.07 Å². The summed E-state index contributed by atoms with van der Waals surface area (Å²) < 4.78 is 1.94. The molecule has 0 atom stereocenters. The molecular formula is C13H17Br2NOS. The van der Waals surface area contributed by atoms with Crippen LogP contribution in [0.1, 0.15) is 42.5 Å². The van der Waals surface area contributed by atoms with Crippen molar-refractivity contribution in [2.45, 2.75) is 32.1 Å². The smallest absolute Gasteiger partial charge is 0.178 e. The van der Waals surface area contributed by atoms with Crippen molar-refractivity contribution in [1.29, 1.82) is 0 Å². The van der Waals surface area contributed by atoms with E-state index in [-0.39, 0.29) is 5.78 Å². The number of rotatable bonds is 3. The minimum absolute atomic E-state index is 0.226. The number of nitrogens with zero attached hydrogens (tertiary/aromatic N) is 1. The lowest BCUT2D eigenvalue weighted by Crippen LogP contribution is -2.32. The lowest BCUT2D eigenvalue weighted by Gasteiger charge is -2.23. The zero-order chi connectivity index (χ0) is 13.0. The van der Waals surface area contributed by atoms with Crippen molar-refractivity contribution < 1.29 is 4.79 Å². The highest BCUT2D eigenvalue weighted by Gasteiger charge is 2.17. The van der Waals surface area contributed by atoms with Crippen LogP contribution in [-0.2, 0) is 0 Å². The largest absolute Gasteiger partial charge is 0.296 e. The number of hydrogen-bond acceptors (Lipinski definition) is 3. The molecule has 0 aromatic carbocycles. The first kappa shape index (κ1) is 14.7. The van der Waals surface area contributed by atoms with Crippen LogP contribution in [0.15, 0.2) is 13.6 Å². The zero-order valence-corrected chi connectivity index (χ0v) is 14.2. The number of likely N-dealkylation sites (tertiary alicyclic amines) is 1. The Morgan fingerprint density at radius 1 is 1.17 bits per heavy atom. The average Bonchev–Trinajstić information content (AvgIpc) is 2.61. The molecule has 1 aliphatic heterocycles. The van der Waals surface area contributed by atoms with Crippen molar-refractivity contribution >= 4 is 49.0 Å². The molecule has 0 spiro atoms. The number of thiophene rings is 1. The lowest BCUT2D eigenvalue weighted by atomic mass is 10.1. The van der Waals surface area contributed by atoms with E-state index < -0.39 is 0 Å². The second-order valence-electron chi connectivity index (χ2n) is 4.70. The van der Waals surface area contributed by atoms with Crippen molar-refractivity contribution in [3.8, 4) is 0 Å². The molecule has 18 heavy (non-hydrogen) atoms. The van der Waals surface area contributed by atoms with Gasteiger partial charge < -0.3 is 0 Å². The number of ketones is 1. The summed E-state index contributed by atoms with van der Waals surface area (Å²) in [4.78, 5) is 14.6. The van der Waals surface area contributed by atoms with Crippen LogP contribution in [0.5, 0.6) is 0 Å². The monoisotopic (exact) mass is 393 g/mol. The maximum atomic E-state index is 12.3. The molecule has 1 aromatic heterocycles. The van der Waals surface area contributed by atoms with Gasteiger partial charge in [0.2, 0.25) is 0 Å². The van der Waals surface area contributed by atoms with Gasteiger partial charge in [-0.05, 0) is 63.9 Å². The Bertz CT molecular complexity index is 411. The summed E-state index contributed by atoms with van der Waals surface area (Å²) in [7, 11) is 0. The summed E-state index contributed by atoms with van der Waals surface area (Å²) in [5, 5.41) is 0. The normalized spacial score (nSPS) is 18.3. The van der Waals surface area contributed by atoms with Gasteiger partial charge in [-0.25, -0.2) is 0 Å². The predicted octanol–water partition coefficient (Wildman–Crippen LogP) is 4.72. The van der Waals surface area contributed by atoms with Crippen molar-refractivity contribution in [3.05, 3.63) is 19.2 Å². The minimum atomic E-state index is 0.226. The fraction of sp³-hybridized carbons (Fsp3) is 0.615. The van der Waals surface area contributed by atoms with E-state index in [9.17, 15) is 4.79 Å². The van der Waals surface area contributed by atoms with E-state index in [0.29, 0.717) is 6.54 Å². The molecule has 2 rings (SSSR count). The molecule has 1 fully saturated rings. The first-order valence-electron chi connectivity index (χ1n) is 6.37. The quantitative estimate of drug-likeness (QED) is 0.691.